The SMILES string of the molecule is CC(C)(C)OC(=O)NCCCNCc1ccc(Br)c(Br)c1. The summed E-state index contributed by atoms with van der Waals surface area (Å²) in [5, 5.41) is 6.08. The maximum absolute atomic E-state index is 11.4. The lowest BCUT2D eigenvalue weighted by Gasteiger charge is -2.19. The summed E-state index contributed by atoms with van der Waals surface area (Å²) in [5.41, 5.74) is 0.766. The molecule has 4 nitrogen and oxygen atoms in total. The van der Waals surface area contributed by atoms with Crippen LogP contribution in [0.1, 0.15) is 32.8 Å². The van der Waals surface area contributed by atoms with E-state index in [1.807, 2.05) is 26.8 Å². The first kappa shape index (κ1) is 18.5. The van der Waals surface area contributed by atoms with Crippen LogP contribution in [0.2, 0.25) is 0 Å². The fourth-order valence-electron chi connectivity index (χ4n) is 1.60. The van der Waals surface area contributed by atoms with Crippen LogP contribution in [0.4, 0.5) is 4.79 Å². The molecule has 0 spiro atoms. The molecule has 0 atom stereocenters. The summed E-state index contributed by atoms with van der Waals surface area (Å²) in [6.07, 6.45) is 0.496. The Hall–Kier alpha value is -0.590. The molecule has 118 valence electrons. The predicted octanol–water partition coefficient (Wildman–Crippen LogP) is 4.22. The van der Waals surface area contributed by atoms with Crippen molar-refractivity contribution < 1.29 is 9.53 Å². The number of benzene rings is 1. The topological polar surface area (TPSA) is 50.4 Å². The van der Waals surface area contributed by atoms with Gasteiger partial charge in [0, 0.05) is 22.0 Å². The summed E-state index contributed by atoms with van der Waals surface area (Å²) in [4.78, 5) is 11.4. The highest BCUT2D eigenvalue weighted by atomic mass is 79.9. The van der Waals surface area contributed by atoms with Gasteiger partial charge in [-0.2, -0.15) is 0 Å². The molecule has 0 saturated carbocycles. The molecule has 0 saturated heterocycles. The van der Waals surface area contributed by atoms with Gasteiger partial charge in [0.05, 0.1) is 0 Å². The summed E-state index contributed by atoms with van der Waals surface area (Å²) in [6.45, 7) is 7.80. The maximum atomic E-state index is 11.4. The van der Waals surface area contributed by atoms with Gasteiger partial charge in [-0.05, 0) is 83.3 Å². The fraction of sp³-hybridized carbons (Fsp3) is 0.533. The van der Waals surface area contributed by atoms with E-state index >= 15 is 0 Å². The van der Waals surface area contributed by atoms with Crippen LogP contribution < -0.4 is 10.6 Å². The Morgan fingerprint density at radius 1 is 1.19 bits per heavy atom. The van der Waals surface area contributed by atoms with Gasteiger partial charge in [-0.25, -0.2) is 4.79 Å². The van der Waals surface area contributed by atoms with Crippen LogP contribution in [0.5, 0.6) is 0 Å². The molecule has 1 aromatic carbocycles. The molecule has 0 aromatic heterocycles. The molecule has 1 amide bonds. The van der Waals surface area contributed by atoms with Crippen molar-refractivity contribution in [2.45, 2.75) is 39.3 Å². The summed E-state index contributed by atoms with van der Waals surface area (Å²) >= 11 is 6.93. The van der Waals surface area contributed by atoms with Crippen molar-refractivity contribution in [3.63, 3.8) is 0 Å². The molecule has 1 aromatic rings. The molecular formula is C15H22Br2N2O2. The molecule has 0 aliphatic rings. The van der Waals surface area contributed by atoms with E-state index in [1.165, 1.54) is 5.56 Å². The number of hydrogen-bond donors (Lipinski definition) is 2. The van der Waals surface area contributed by atoms with Gasteiger partial charge in [0.25, 0.3) is 0 Å². The van der Waals surface area contributed by atoms with Crippen LogP contribution in [0.15, 0.2) is 27.1 Å². The third-order valence-corrected chi connectivity index (χ3v) is 4.39. The lowest BCUT2D eigenvalue weighted by molar-refractivity contribution is 0.0527. The molecule has 6 heteroatoms. The lowest BCUT2D eigenvalue weighted by atomic mass is 10.2. The van der Waals surface area contributed by atoms with Gasteiger partial charge in [0.15, 0.2) is 0 Å². The number of alkyl carbamates (subject to hydrolysis) is 1. The van der Waals surface area contributed by atoms with Crippen molar-refractivity contribution in [3.8, 4) is 0 Å². The van der Waals surface area contributed by atoms with Gasteiger partial charge < -0.3 is 15.4 Å². The summed E-state index contributed by atoms with van der Waals surface area (Å²) in [6, 6.07) is 6.17. The Morgan fingerprint density at radius 3 is 2.52 bits per heavy atom. The molecule has 0 radical (unpaired) electrons. The number of nitrogens with one attached hydrogen (secondary N) is 2. The van der Waals surface area contributed by atoms with Crippen LogP contribution in [-0.4, -0.2) is 24.8 Å². The van der Waals surface area contributed by atoms with E-state index in [-0.39, 0.29) is 6.09 Å². The van der Waals surface area contributed by atoms with E-state index in [2.05, 4.69) is 54.6 Å². The van der Waals surface area contributed by atoms with Crippen LogP contribution in [-0.2, 0) is 11.3 Å². The zero-order valence-electron chi connectivity index (χ0n) is 12.6. The molecule has 0 aliphatic heterocycles. The second-order valence-electron chi connectivity index (χ2n) is 5.71. The fourth-order valence-corrected chi connectivity index (χ4v) is 2.27. The van der Waals surface area contributed by atoms with Gasteiger partial charge >= 0.3 is 6.09 Å². The first-order valence-electron chi connectivity index (χ1n) is 6.89. The van der Waals surface area contributed by atoms with Gasteiger partial charge in [-0.1, -0.05) is 6.07 Å². The minimum atomic E-state index is -0.447. The summed E-state index contributed by atoms with van der Waals surface area (Å²) in [5.74, 6) is 0. The minimum Gasteiger partial charge on any atom is -0.444 e. The molecule has 0 fully saturated rings. The zero-order valence-corrected chi connectivity index (χ0v) is 15.8. The average Bonchev–Trinajstić information content (AvgIpc) is 2.35. The molecular weight excluding hydrogens is 400 g/mol. The predicted molar refractivity (Wildman–Crippen MR) is 92.4 cm³/mol. The van der Waals surface area contributed by atoms with E-state index in [0.29, 0.717) is 6.54 Å². The zero-order chi connectivity index (χ0) is 15.9. The van der Waals surface area contributed by atoms with Gasteiger partial charge in [0.1, 0.15) is 5.60 Å². The second kappa shape index (κ2) is 8.76. The van der Waals surface area contributed by atoms with E-state index in [1.54, 1.807) is 0 Å². The van der Waals surface area contributed by atoms with E-state index in [4.69, 9.17) is 4.74 Å². The Kier molecular flexibility index (Phi) is 7.70. The van der Waals surface area contributed by atoms with Gasteiger partial charge in [0.2, 0.25) is 0 Å². The average molecular weight is 422 g/mol. The Labute approximate surface area is 143 Å². The minimum absolute atomic E-state index is 0.362. The Balaban J connectivity index is 2.12. The highest BCUT2D eigenvalue weighted by molar-refractivity contribution is 9.13. The molecule has 0 bridgehead atoms. The van der Waals surface area contributed by atoms with Gasteiger partial charge in [-0.3, -0.25) is 0 Å². The van der Waals surface area contributed by atoms with Crippen molar-refractivity contribution in [3.05, 3.63) is 32.7 Å². The number of carbonyl (C=O) groups is 1. The smallest absolute Gasteiger partial charge is 0.407 e. The van der Waals surface area contributed by atoms with Crippen LogP contribution in [0.3, 0.4) is 0 Å². The standard InChI is InChI=1S/C15H22Br2N2O2/c1-15(2,3)21-14(20)19-8-4-7-18-10-11-5-6-12(16)13(17)9-11/h5-6,9,18H,4,7-8,10H2,1-3H3,(H,19,20). The van der Waals surface area contributed by atoms with Crippen LogP contribution in [0.25, 0.3) is 0 Å². The maximum Gasteiger partial charge on any atom is 0.407 e. The Morgan fingerprint density at radius 2 is 1.90 bits per heavy atom. The van der Waals surface area contributed by atoms with E-state index in [9.17, 15) is 4.79 Å². The number of hydrogen-bond acceptors (Lipinski definition) is 3. The molecule has 0 unspecified atom stereocenters. The quantitative estimate of drug-likeness (QED) is 0.676. The van der Waals surface area contributed by atoms with Crippen molar-refractivity contribution in [2.24, 2.45) is 0 Å². The number of rotatable bonds is 6. The van der Waals surface area contributed by atoms with Crippen molar-refractivity contribution >= 4 is 38.0 Å². The number of halogens is 2. The van der Waals surface area contributed by atoms with E-state index < -0.39 is 5.60 Å². The third kappa shape index (κ3) is 8.44. The highest BCUT2D eigenvalue weighted by Crippen LogP contribution is 2.23. The first-order valence-corrected chi connectivity index (χ1v) is 8.48. The molecule has 0 aliphatic carbocycles. The van der Waals surface area contributed by atoms with Crippen LogP contribution in [0, 0.1) is 0 Å². The number of carbonyl (C=O) groups excluding carboxylic acids is 1. The third-order valence-electron chi connectivity index (χ3n) is 2.51. The second-order valence-corrected chi connectivity index (χ2v) is 7.42. The Bertz CT molecular complexity index is 473. The van der Waals surface area contributed by atoms with Crippen molar-refractivity contribution in [2.75, 3.05) is 13.1 Å². The van der Waals surface area contributed by atoms with Crippen LogP contribution >= 0.6 is 31.9 Å². The summed E-state index contributed by atoms with van der Waals surface area (Å²) in [7, 11) is 0. The van der Waals surface area contributed by atoms with Crippen molar-refractivity contribution in [1.82, 2.24) is 10.6 Å². The van der Waals surface area contributed by atoms with Crippen molar-refractivity contribution in [1.29, 1.82) is 0 Å². The highest BCUT2D eigenvalue weighted by Gasteiger charge is 2.15. The molecule has 1 rings (SSSR count). The number of ether oxygens (including phenoxy) is 1. The largest absolute Gasteiger partial charge is 0.444 e. The normalized spacial score (nSPS) is 11.3. The van der Waals surface area contributed by atoms with E-state index in [0.717, 1.165) is 28.5 Å². The monoisotopic (exact) mass is 420 g/mol. The molecule has 21 heavy (non-hydrogen) atoms. The lowest BCUT2D eigenvalue weighted by Crippen LogP contribution is -2.33. The first-order chi connectivity index (χ1) is 9.78. The van der Waals surface area contributed by atoms with Gasteiger partial charge in [-0.15, -0.1) is 0 Å². The molecule has 2 N–H and O–H groups in total. The molecule has 0 heterocycles. The summed E-state index contributed by atoms with van der Waals surface area (Å²) < 4.78 is 7.26. The number of amides is 1.